The molecule has 128 valence electrons. The van der Waals surface area contributed by atoms with Crippen molar-refractivity contribution in [2.24, 2.45) is 5.73 Å². The lowest BCUT2D eigenvalue weighted by molar-refractivity contribution is -0.123. The summed E-state index contributed by atoms with van der Waals surface area (Å²) in [7, 11) is 0. The summed E-state index contributed by atoms with van der Waals surface area (Å²) in [5.41, 5.74) is 5.33. The van der Waals surface area contributed by atoms with Crippen LogP contribution in [-0.2, 0) is 15.1 Å². The maximum absolute atomic E-state index is 12.8. The molecule has 1 heterocycles. The minimum Gasteiger partial charge on any atom is -0.481 e. The molecule has 0 aromatic heterocycles. The summed E-state index contributed by atoms with van der Waals surface area (Å²) in [6, 6.07) is 13.5. The highest BCUT2D eigenvalue weighted by Gasteiger charge is 2.36. The molecule has 0 aliphatic carbocycles. The van der Waals surface area contributed by atoms with Gasteiger partial charge in [-0.05, 0) is 24.6 Å². The topological polar surface area (TPSA) is 111 Å². The molecule has 4 N–H and O–H groups in total. The van der Waals surface area contributed by atoms with E-state index in [0.29, 0.717) is 11.3 Å². The number of para-hydroxylation sites is 1. The van der Waals surface area contributed by atoms with Crippen LogP contribution in [0, 0.1) is 0 Å². The molecule has 1 unspecified atom stereocenters. The van der Waals surface area contributed by atoms with E-state index >= 15 is 0 Å². The Balaban J connectivity index is 1.95. The highest BCUT2D eigenvalue weighted by atomic mass is 16.5. The van der Waals surface area contributed by atoms with Gasteiger partial charge >= 0.3 is 0 Å². The van der Waals surface area contributed by atoms with Crippen molar-refractivity contribution in [3.63, 3.8) is 0 Å². The molecule has 0 saturated heterocycles. The molecular weight excluding hydrogens is 322 g/mol. The summed E-state index contributed by atoms with van der Waals surface area (Å²) in [6.07, 6.45) is 0. The lowest BCUT2D eigenvalue weighted by Crippen LogP contribution is -2.52. The van der Waals surface area contributed by atoms with Crippen molar-refractivity contribution in [3.8, 4) is 5.75 Å². The molecule has 3 rings (SSSR count). The van der Waals surface area contributed by atoms with E-state index in [-0.39, 0.29) is 23.8 Å². The van der Waals surface area contributed by atoms with Gasteiger partial charge in [0.15, 0.2) is 12.4 Å². The molecule has 25 heavy (non-hydrogen) atoms. The van der Waals surface area contributed by atoms with E-state index in [9.17, 15) is 14.4 Å². The molecule has 0 radical (unpaired) electrons. The van der Waals surface area contributed by atoms with Crippen LogP contribution in [0.3, 0.4) is 0 Å². The molecule has 7 heteroatoms. The Labute approximate surface area is 144 Å². The summed E-state index contributed by atoms with van der Waals surface area (Å²) >= 11 is 0. The molecule has 2 aromatic carbocycles. The van der Waals surface area contributed by atoms with Gasteiger partial charge in [0.25, 0.3) is 11.8 Å². The Hall–Kier alpha value is -3.35. The lowest BCUT2D eigenvalue weighted by Gasteiger charge is -2.29. The van der Waals surface area contributed by atoms with Crippen molar-refractivity contribution in [2.75, 3.05) is 11.9 Å². The van der Waals surface area contributed by atoms with Crippen molar-refractivity contribution >= 4 is 23.4 Å². The van der Waals surface area contributed by atoms with Crippen LogP contribution >= 0.6 is 0 Å². The first-order valence-electron chi connectivity index (χ1n) is 7.65. The second kappa shape index (κ2) is 6.27. The number of nitrogens with one attached hydrogen (secondary N) is 2. The minimum atomic E-state index is -1.39. The van der Waals surface area contributed by atoms with Gasteiger partial charge in [0.2, 0.25) is 5.91 Å². The zero-order chi connectivity index (χ0) is 18.0. The molecule has 1 aliphatic rings. The van der Waals surface area contributed by atoms with Gasteiger partial charge in [-0.1, -0.05) is 36.4 Å². The maximum Gasteiger partial charge on any atom is 0.262 e. The van der Waals surface area contributed by atoms with Gasteiger partial charge in [-0.15, -0.1) is 0 Å². The summed E-state index contributed by atoms with van der Waals surface area (Å²) in [5, 5.41) is 5.32. The van der Waals surface area contributed by atoms with E-state index in [1.54, 1.807) is 55.5 Å². The van der Waals surface area contributed by atoms with E-state index < -0.39 is 17.4 Å². The molecule has 1 aliphatic heterocycles. The molecule has 0 fully saturated rings. The van der Waals surface area contributed by atoms with Gasteiger partial charge in [-0.3, -0.25) is 14.4 Å². The average molecular weight is 339 g/mol. The van der Waals surface area contributed by atoms with Crippen molar-refractivity contribution in [1.29, 1.82) is 0 Å². The van der Waals surface area contributed by atoms with Crippen LogP contribution in [0.15, 0.2) is 48.5 Å². The minimum absolute atomic E-state index is 0.178. The van der Waals surface area contributed by atoms with E-state index in [0.717, 1.165) is 0 Å². The van der Waals surface area contributed by atoms with Crippen LogP contribution in [0.4, 0.5) is 5.69 Å². The number of anilines is 1. The Bertz CT molecular complexity index is 851. The highest BCUT2D eigenvalue weighted by Crippen LogP contribution is 2.32. The largest absolute Gasteiger partial charge is 0.481 e. The second-order valence-electron chi connectivity index (χ2n) is 5.83. The predicted octanol–water partition coefficient (Wildman–Crippen LogP) is 1.15. The summed E-state index contributed by atoms with van der Waals surface area (Å²) < 4.78 is 5.38. The number of nitrogens with two attached hydrogens (primary N) is 1. The lowest BCUT2D eigenvalue weighted by atomic mass is 9.90. The Morgan fingerprint density at radius 3 is 2.56 bits per heavy atom. The summed E-state index contributed by atoms with van der Waals surface area (Å²) in [6.45, 7) is 1.36. The van der Waals surface area contributed by atoms with Crippen LogP contribution in [0.5, 0.6) is 5.75 Å². The van der Waals surface area contributed by atoms with Crippen LogP contribution < -0.4 is 21.1 Å². The average Bonchev–Trinajstić information content (AvgIpc) is 2.61. The molecule has 0 spiro atoms. The van der Waals surface area contributed by atoms with Crippen LogP contribution in [0.1, 0.15) is 22.8 Å². The first-order chi connectivity index (χ1) is 11.9. The molecular formula is C18H17N3O4. The van der Waals surface area contributed by atoms with Crippen LogP contribution in [-0.4, -0.2) is 24.3 Å². The Morgan fingerprint density at radius 1 is 1.16 bits per heavy atom. The number of fused-ring (bicyclic) bond motifs is 1. The third kappa shape index (κ3) is 3.03. The fraction of sp³-hybridized carbons (Fsp3) is 0.167. The van der Waals surface area contributed by atoms with Gasteiger partial charge in [0, 0.05) is 0 Å². The SMILES string of the molecule is CC(NC(=O)c1cccc2c1OCC(=O)N2)(C(N)=O)c1ccccc1. The normalized spacial score (nSPS) is 15.2. The monoisotopic (exact) mass is 339 g/mol. The number of carbonyl (C=O) groups is 3. The third-order valence-corrected chi connectivity index (χ3v) is 4.09. The Morgan fingerprint density at radius 2 is 1.88 bits per heavy atom. The van der Waals surface area contributed by atoms with Crippen molar-refractivity contribution < 1.29 is 19.1 Å². The quantitative estimate of drug-likeness (QED) is 0.776. The van der Waals surface area contributed by atoms with E-state index in [4.69, 9.17) is 10.5 Å². The number of hydrogen-bond acceptors (Lipinski definition) is 4. The number of amides is 3. The first-order valence-corrected chi connectivity index (χ1v) is 7.65. The Kier molecular flexibility index (Phi) is 4.14. The zero-order valence-electron chi connectivity index (χ0n) is 13.5. The van der Waals surface area contributed by atoms with Gasteiger partial charge < -0.3 is 21.1 Å². The molecule has 2 aromatic rings. The van der Waals surface area contributed by atoms with E-state index in [2.05, 4.69) is 10.6 Å². The molecule has 0 saturated carbocycles. The van der Waals surface area contributed by atoms with Crippen LogP contribution in [0.2, 0.25) is 0 Å². The standard InChI is InChI=1S/C18H17N3O4/c1-18(17(19)24,11-6-3-2-4-7-11)21-16(23)12-8-5-9-13-15(12)25-10-14(22)20-13/h2-9H,10H2,1H3,(H2,19,24)(H,20,22)(H,21,23). The van der Waals surface area contributed by atoms with Crippen molar-refractivity contribution in [3.05, 3.63) is 59.7 Å². The summed E-state index contributed by atoms with van der Waals surface area (Å²) in [4.78, 5) is 36.2. The number of primary amides is 1. The summed E-state index contributed by atoms with van der Waals surface area (Å²) in [5.74, 6) is -1.25. The third-order valence-electron chi connectivity index (χ3n) is 4.09. The van der Waals surface area contributed by atoms with E-state index in [1.165, 1.54) is 0 Å². The molecule has 0 bridgehead atoms. The van der Waals surface area contributed by atoms with Crippen molar-refractivity contribution in [2.45, 2.75) is 12.5 Å². The molecule has 3 amide bonds. The number of hydrogen-bond donors (Lipinski definition) is 3. The number of rotatable bonds is 4. The smallest absolute Gasteiger partial charge is 0.262 e. The first kappa shape index (κ1) is 16.5. The van der Waals surface area contributed by atoms with Crippen LogP contribution in [0.25, 0.3) is 0 Å². The fourth-order valence-corrected chi connectivity index (χ4v) is 2.64. The van der Waals surface area contributed by atoms with E-state index in [1.807, 2.05) is 0 Å². The van der Waals surface area contributed by atoms with Gasteiger partial charge in [0.1, 0.15) is 5.54 Å². The number of carbonyl (C=O) groups excluding carboxylic acids is 3. The zero-order valence-corrected chi connectivity index (χ0v) is 13.5. The van der Waals surface area contributed by atoms with Gasteiger partial charge in [-0.25, -0.2) is 0 Å². The number of ether oxygens (including phenoxy) is 1. The molecule has 1 atom stereocenters. The second-order valence-corrected chi connectivity index (χ2v) is 5.83. The van der Waals surface area contributed by atoms with Gasteiger partial charge in [0.05, 0.1) is 11.3 Å². The highest BCUT2D eigenvalue weighted by molar-refractivity contribution is 6.05. The van der Waals surface area contributed by atoms with Crippen molar-refractivity contribution in [1.82, 2.24) is 5.32 Å². The maximum atomic E-state index is 12.8. The fourth-order valence-electron chi connectivity index (χ4n) is 2.64. The predicted molar refractivity (Wildman–Crippen MR) is 91.0 cm³/mol. The number of benzene rings is 2. The molecule has 7 nitrogen and oxygen atoms in total. The van der Waals surface area contributed by atoms with Gasteiger partial charge in [-0.2, -0.15) is 0 Å².